The van der Waals surface area contributed by atoms with Crippen molar-refractivity contribution in [2.24, 2.45) is 5.92 Å². The minimum atomic E-state index is -0.518. The molecule has 4 N–H and O–H groups in total. The second kappa shape index (κ2) is 8.66. The summed E-state index contributed by atoms with van der Waals surface area (Å²) < 4.78 is 14.1. The summed E-state index contributed by atoms with van der Waals surface area (Å²) in [4.78, 5) is 24.6. The van der Waals surface area contributed by atoms with Crippen LogP contribution in [-0.2, 0) is 16.0 Å². The van der Waals surface area contributed by atoms with Gasteiger partial charge in [-0.3, -0.25) is 9.59 Å². The Morgan fingerprint density at radius 1 is 1.00 bits per heavy atom. The summed E-state index contributed by atoms with van der Waals surface area (Å²) in [6.45, 7) is 0. The Morgan fingerprint density at radius 2 is 1.70 bits per heavy atom. The number of nitrogens with one attached hydrogen (secondary N) is 2. The molecule has 1 aliphatic carbocycles. The van der Waals surface area contributed by atoms with Crippen molar-refractivity contribution in [3.05, 3.63) is 53.8 Å². The third-order valence-electron chi connectivity index (χ3n) is 4.83. The molecule has 0 aromatic heterocycles. The molecule has 0 heterocycles. The number of hydrogen-bond acceptors (Lipinski definition) is 3. The molecule has 0 bridgehead atoms. The van der Waals surface area contributed by atoms with Crippen molar-refractivity contribution in [2.75, 3.05) is 16.4 Å². The summed E-state index contributed by atoms with van der Waals surface area (Å²) in [5, 5.41) is 5.41. The van der Waals surface area contributed by atoms with Gasteiger partial charge in [0.15, 0.2) is 0 Å². The molecule has 0 unspecified atom stereocenters. The van der Waals surface area contributed by atoms with E-state index in [1.165, 1.54) is 18.2 Å². The molecule has 1 fully saturated rings. The molecule has 1 saturated carbocycles. The zero-order chi connectivity index (χ0) is 19.2. The highest BCUT2D eigenvalue weighted by Crippen LogP contribution is 2.26. The lowest BCUT2D eigenvalue weighted by Gasteiger charge is -2.21. The Balaban J connectivity index is 1.62. The molecule has 1 aliphatic rings. The predicted molar refractivity (Wildman–Crippen MR) is 105 cm³/mol. The highest BCUT2D eigenvalue weighted by molar-refractivity contribution is 5.95. The fourth-order valence-corrected chi connectivity index (χ4v) is 3.32. The van der Waals surface area contributed by atoms with Gasteiger partial charge in [-0.2, -0.15) is 0 Å². The molecule has 2 aromatic carbocycles. The summed E-state index contributed by atoms with van der Waals surface area (Å²) in [6.07, 6.45) is 5.07. The average Bonchev–Trinajstić information content (AvgIpc) is 2.67. The van der Waals surface area contributed by atoms with Crippen molar-refractivity contribution < 1.29 is 14.0 Å². The van der Waals surface area contributed by atoms with E-state index in [1.54, 1.807) is 24.3 Å². The fourth-order valence-electron chi connectivity index (χ4n) is 3.32. The Labute approximate surface area is 158 Å². The van der Waals surface area contributed by atoms with E-state index in [-0.39, 0.29) is 29.8 Å². The van der Waals surface area contributed by atoms with Crippen LogP contribution in [0.2, 0.25) is 0 Å². The molecule has 2 amide bonds. The van der Waals surface area contributed by atoms with Crippen LogP contribution in [-0.4, -0.2) is 11.8 Å². The molecule has 0 radical (unpaired) electrons. The molecule has 27 heavy (non-hydrogen) atoms. The highest BCUT2D eigenvalue weighted by Gasteiger charge is 2.22. The summed E-state index contributed by atoms with van der Waals surface area (Å²) in [5.41, 5.74) is 7.63. The molecule has 6 heteroatoms. The number of hydrogen-bond donors (Lipinski definition) is 3. The number of anilines is 3. The van der Waals surface area contributed by atoms with Crippen molar-refractivity contribution in [1.29, 1.82) is 0 Å². The Morgan fingerprint density at radius 3 is 2.41 bits per heavy atom. The van der Waals surface area contributed by atoms with Gasteiger partial charge < -0.3 is 16.4 Å². The number of rotatable bonds is 5. The van der Waals surface area contributed by atoms with Gasteiger partial charge in [-0.1, -0.05) is 31.4 Å². The van der Waals surface area contributed by atoms with Crippen LogP contribution in [0, 0.1) is 11.7 Å². The number of carbonyl (C=O) groups is 2. The number of carbonyl (C=O) groups excluding carboxylic acids is 2. The number of nitrogens with two attached hydrogens (primary N) is 1. The second-order valence-corrected chi connectivity index (χ2v) is 6.99. The maximum Gasteiger partial charge on any atom is 0.228 e. The first-order valence-electron chi connectivity index (χ1n) is 9.26. The van der Waals surface area contributed by atoms with E-state index in [4.69, 9.17) is 5.73 Å². The van der Waals surface area contributed by atoms with Crippen molar-refractivity contribution in [3.63, 3.8) is 0 Å². The van der Waals surface area contributed by atoms with Crippen molar-refractivity contribution >= 4 is 28.9 Å². The number of halogens is 1. The monoisotopic (exact) mass is 369 g/mol. The topological polar surface area (TPSA) is 84.2 Å². The molecule has 3 rings (SSSR count). The van der Waals surface area contributed by atoms with Crippen molar-refractivity contribution in [2.45, 2.75) is 38.5 Å². The zero-order valence-corrected chi connectivity index (χ0v) is 15.1. The van der Waals surface area contributed by atoms with Crippen LogP contribution in [0.5, 0.6) is 0 Å². The molecule has 0 aliphatic heterocycles. The molecule has 0 saturated heterocycles. The van der Waals surface area contributed by atoms with Crippen LogP contribution in [0.1, 0.15) is 37.7 Å². The minimum Gasteiger partial charge on any atom is -0.399 e. The molecule has 142 valence electrons. The van der Waals surface area contributed by atoms with Crippen LogP contribution >= 0.6 is 0 Å². The first-order valence-corrected chi connectivity index (χ1v) is 9.26. The van der Waals surface area contributed by atoms with E-state index < -0.39 is 5.82 Å². The van der Waals surface area contributed by atoms with Gasteiger partial charge in [-0.25, -0.2) is 4.39 Å². The lowest BCUT2D eigenvalue weighted by molar-refractivity contribution is -0.120. The van der Waals surface area contributed by atoms with Crippen LogP contribution in [0.25, 0.3) is 0 Å². The van der Waals surface area contributed by atoms with E-state index in [0.29, 0.717) is 11.4 Å². The Bertz CT molecular complexity index is 815. The molecular weight excluding hydrogens is 345 g/mol. The predicted octanol–water partition coefficient (Wildman–Crippen LogP) is 4.11. The number of nitrogen functional groups attached to an aromatic ring is 1. The molecule has 5 nitrogen and oxygen atoms in total. The van der Waals surface area contributed by atoms with Crippen LogP contribution in [0.4, 0.5) is 21.5 Å². The highest BCUT2D eigenvalue weighted by atomic mass is 19.1. The van der Waals surface area contributed by atoms with E-state index in [0.717, 1.165) is 37.7 Å². The largest absolute Gasteiger partial charge is 0.399 e. The maximum absolute atomic E-state index is 14.1. The lowest BCUT2D eigenvalue weighted by atomic mass is 9.88. The van der Waals surface area contributed by atoms with Crippen molar-refractivity contribution in [3.8, 4) is 0 Å². The van der Waals surface area contributed by atoms with Gasteiger partial charge in [0.2, 0.25) is 11.8 Å². The zero-order valence-electron chi connectivity index (χ0n) is 15.1. The summed E-state index contributed by atoms with van der Waals surface area (Å²) in [6, 6.07) is 11.2. The first kappa shape index (κ1) is 18.9. The van der Waals surface area contributed by atoms with E-state index >= 15 is 0 Å². The number of benzene rings is 2. The van der Waals surface area contributed by atoms with Gasteiger partial charge in [-0.05, 0) is 48.7 Å². The van der Waals surface area contributed by atoms with Crippen LogP contribution < -0.4 is 16.4 Å². The standard InChI is InChI=1S/C21H24FN3O2/c22-18-11-10-17(24-20(26)12-14-6-8-16(23)9-7-14)13-19(18)25-21(27)15-4-2-1-3-5-15/h6-11,13,15H,1-5,12,23H2,(H,24,26)(H,25,27). The molecule has 0 atom stereocenters. The smallest absolute Gasteiger partial charge is 0.228 e. The minimum absolute atomic E-state index is 0.0677. The summed E-state index contributed by atoms with van der Waals surface area (Å²) in [5.74, 6) is -0.965. The van der Waals surface area contributed by atoms with E-state index in [1.807, 2.05) is 0 Å². The summed E-state index contributed by atoms with van der Waals surface area (Å²) in [7, 11) is 0. The second-order valence-electron chi connectivity index (χ2n) is 6.99. The van der Waals surface area contributed by atoms with Gasteiger partial charge in [0.1, 0.15) is 5.82 Å². The van der Waals surface area contributed by atoms with Crippen LogP contribution in [0.15, 0.2) is 42.5 Å². The molecule has 2 aromatic rings. The van der Waals surface area contributed by atoms with Gasteiger partial charge >= 0.3 is 0 Å². The van der Waals surface area contributed by atoms with Gasteiger partial charge in [0, 0.05) is 17.3 Å². The Hall–Kier alpha value is -2.89. The van der Waals surface area contributed by atoms with Crippen LogP contribution in [0.3, 0.4) is 0 Å². The lowest BCUT2D eigenvalue weighted by Crippen LogP contribution is -2.25. The molecular formula is C21H24FN3O2. The maximum atomic E-state index is 14.1. The van der Waals surface area contributed by atoms with Gasteiger partial charge in [0.05, 0.1) is 12.1 Å². The fraction of sp³-hybridized carbons (Fsp3) is 0.333. The SMILES string of the molecule is Nc1ccc(CC(=O)Nc2ccc(F)c(NC(=O)C3CCCCC3)c2)cc1. The normalized spacial score (nSPS) is 14.6. The Kier molecular flexibility index (Phi) is 6.06. The average molecular weight is 369 g/mol. The quantitative estimate of drug-likeness (QED) is 0.694. The van der Waals surface area contributed by atoms with Gasteiger partial charge in [0.25, 0.3) is 0 Å². The third-order valence-corrected chi connectivity index (χ3v) is 4.83. The number of amides is 2. The van der Waals surface area contributed by atoms with Gasteiger partial charge in [-0.15, -0.1) is 0 Å². The first-order chi connectivity index (χ1) is 13.0. The van der Waals surface area contributed by atoms with E-state index in [2.05, 4.69) is 10.6 Å². The van der Waals surface area contributed by atoms with Crippen molar-refractivity contribution in [1.82, 2.24) is 0 Å². The molecule has 0 spiro atoms. The third kappa shape index (κ3) is 5.29. The summed E-state index contributed by atoms with van der Waals surface area (Å²) >= 11 is 0. The van der Waals surface area contributed by atoms with E-state index in [9.17, 15) is 14.0 Å².